The van der Waals surface area contributed by atoms with Gasteiger partial charge in [0.2, 0.25) is 0 Å². The highest BCUT2D eigenvalue weighted by Gasteiger charge is 2.30. The second-order valence-corrected chi connectivity index (χ2v) is 5.67. The molecular weight excluding hydrogens is 287 g/mol. The van der Waals surface area contributed by atoms with Crippen LogP contribution in [0.1, 0.15) is 36.8 Å². The van der Waals surface area contributed by atoms with E-state index in [9.17, 15) is 13.2 Å². The second-order valence-electron chi connectivity index (χ2n) is 5.29. The summed E-state index contributed by atoms with van der Waals surface area (Å²) in [4.78, 5) is 2.36. The minimum atomic E-state index is -4.25. The lowest BCUT2D eigenvalue weighted by molar-refractivity contribution is -0.137. The van der Waals surface area contributed by atoms with Gasteiger partial charge < -0.3 is 0 Å². The molecule has 0 aliphatic carbocycles. The lowest BCUT2D eigenvalue weighted by Gasteiger charge is -2.24. The monoisotopic (exact) mass is 305 g/mol. The third kappa shape index (κ3) is 4.13. The largest absolute Gasteiger partial charge is 0.416 e. The lowest BCUT2D eigenvalue weighted by Crippen LogP contribution is -2.28. The summed E-state index contributed by atoms with van der Waals surface area (Å²) in [6.07, 6.45) is 0.139. The van der Waals surface area contributed by atoms with Gasteiger partial charge in [-0.15, -0.1) is 11.6 Å². The average molecular weight is 306 g/mol. The van der Waals surface area contributed by atoms with Crippen LogP contribution in [0.5, 0.6) is 0 Å². The zero-order valence-corrected chi connectivity index (χ0v) is 12.1. The van der Waals surface area contributed by atoms with Crippen LogP contribution >= 0.6 is 11.6 Å². The Bertz CT molecular complexity index is 416. The van der Waals surface area contributed by atoms with Gasteiger partial charge in [-0.3, -0.25) is 4.90 Å². The van der Waals surface area contributed by atoms with E-state index in [2.05, 4.69) is 4.90 Å². The molecule has 0 radical (unpaired) electrons. The highest BCUT2D eigenvalue weighted by atomic mass is 35.5. The molecule has 0 amide bonds. The first-order valence-corrected chi connectivity index (χ1v) is 7.50. The van der Waals surface area contributed by atoms with Crippen molar-refractivity contribution in [2.45, 2.75) is 44.4 Å². The van der Waals surface area contributed by atoms with Crippen LogP contribution in [-0.4, -0.2) is 23.4 Å². The quantitative estimate of drug-likeness (QED) is 0.713. The molecule has 1 aliphatic rings. The van der Waals surface area contributed by atoms with Gasteiger partial charge in [-0.05, 0) is 49.9 Å². The molecule has 1 aromatic carbocycles. The topological polar surface area (TPSA) is 3.24 Å². The highest BCUT2D eigenvalue weighted by Crippen LogP contribution is 2.30. The predicted octanol–water partition coefficient (Wildman–Crippen LogP) is 4.69. The molecule has 1 aliphatic heterocycles. The summed E-state index contributed by atoms with van der Waals surface area (Å²) in [6.45, 7) is 1.75. The second kappa shape index (κ2) is 6.81. The number of alkyl halides is 4. The van der Waals surface area contributed by atoms with Gasteiger partial charge in [0.05, 0.1) is 5.56 Å². The van der Waals surface area contributed by atoms with E-state index >= 15 is 0 Å². The Morgan fingerprint density at radius 2 is 1.90 bits per heavy atom. The van der Waals surface area contributed by atoms with Crippen molar-refractivity contribution in [3.05, 3.63) is 35.4 Å². The molecule has 0 bridgehead atoms. The Balaban J connectivity index is 1.95. The van der Waals surface area contributed by atoms with Gasteiger partial charge >= 0.3 is 6.18 Å². The molecule has 0 N–H and O–H groups in total. The van der Waals surface area contributed by atoms with E-state index in [1.54, 1.807) is 12.1 Å². The maximum Gasteiger partial charge on any atom is 0.416 e. The first-order chi connectivity index (χ1) is 9.50. The summed E-state index contributed by atoms with van der Waals surface area (Å²) < 4.78 is 37.5. The minimum Gasteiger partial charge on any atom is -0.296 e. The molecule has 0 spiro atoms. The van der Waals surface area contributed by atoms with E-state index < -0.39 is 11.7 Å². The Kier molecular flexibility index (Phi) is 5.33. The molecule has 0 saturated carbocycles. The zero-order chi connectivity index (χ0) is 14.6. The van der Waals surface area contributed by atoms with Crippen LogP contribution in [0.25, 0.3) is 0 Å². The standard InChI is InChI=1S/C15H19ClF3N/c16-9-1-3-14-4-2-10-20(14)11-12-5-7-13(8-6-12)15(17,18)19/h5-8,14H,1-4,9-11H2. The molecule has 1 saturated heterocycles. The molecule has 112 valence electrons. The van der Waals surface area contributed by atoms with Crippen molar-refractivity contribution in [1.29, 1.82) is 0 Å². The van der Waals surface area contributed by atoms with Gasteiger partial charge in [0, 0.05) is 18.5 Å². The Morgan fingerprint density at radius 3 is 2.50 bits per heavy atom. The zero-order valence-electron chi connectivity index (χ0n) is 11.3. The van der Waals surface area contributed by atoms with Crippen molar-refractivity contribution in [2.24, 2.45) is 0 Å². The van der Waals surface area contributed by atoms with Crippen LogP contribution < -0.4 is 0 Å². The molecule has 2 rings (SSSR count). The van der Waals surface area contributed by atoms with Crippen LogP contribution in [0.15, 0.2) is 24.3 Å². The molecule has 0 aromatic heterocycles. The Morgan fingerprint density at radius 1 is 1.20 bits per heavy atom. The number of nitrogens with zero attached hydrogens (tertiary/aromatic N) is 1. The average Bonchev–Trinajstić information content (AvgIpc) is 2.83. The van der Waals surface area contributed by atoms with Crippen LogP contribution in [0.4, 0.5) is 13.2 Å². The molecule has 1 heterocycles. The highest BCUT2D eigenvalue weighted by molar-refractivity contribution is 6.17. The van der Waals surface area contributed by atoms with Gasteiger partial charge in [-0.25, -0.2) is 0 Å². The molecule has 1 unspecified atom stereocenters. The van der Waals surface area contributed by atoms with Crippen molar-refractivity contribution in [1.82, 2.24) is 4.90 Å². The third-order valence-corrected chi connectivity index (χ3v) is 4.10. The normalized spacial score (nSPS) is 20.5. The van der Waals surface area contributed by atoms with Crippen LogP contribution in [0, 0.1) is 0 Å². The number of rotatable bonds is 5. The van der Waals surface area contributed by atoms with Crippen molar-refractivity contribution in [3.63, 3.8) is 0 Å². The fourth-order valence-corrected chi connectivity index (χ4v) is 2.93. The number of likely N-dealkylation sites (tertiary alicyclic amines) is 1. The summed E-state index contributed by atoms with van der Waals surface area (Å²) in [7, 11) is 0. The summed E-state index contributed by atoms with van der Waals surface area (Å²) in [5, 5.41) is 0. The fourth-order valence-electron chi connectivity index (χ4n) is 2.78. The molecule has 1 aromatic rings. The van der Waals surface area contributed by atoms with E-state index in [1.807, 2.05) is 0 Å². The number of hydrogen-bond acceptors (Lipinski definition) is 1. The van der Waals surface area contributed by atoms with Crippen molar-refractivity contribution in [3.8, 4) is 0 Å². The van der Waals surface area contributed by atoms with Gasteiger partial charge in [-0.2, -0.15) is 13.2 Å². The Labute approximate surface area is 122 Å². The summed E-state index contributed by atoms with van der Waals surface area (Å²) in [6, 6.07) is 6.02. The minimum absolute atomic E-state index is 0.524. The maximum atomic E-state index is 12.5. The molecule has 1 nitrogen and oxygen atoms in total. The smallest absolute Gasteiger partial charge is 0.296 e. The lowest BCUT2D eigenvalue weighted by atomic mass is 10.1. The number of benzene rings is 1. The molecular formula is C15H19ClF3N. The van der Waals surface area contributed by atoms with Crippen molar-refractivity contribution < 1.29 is 13.2 Å². The third-order valence-electron chi connectivity index (χ3n) is 3.84. The summed E-state index contributed by atoms with van der Waals surface area (Å²) in [5.41, 5.74) is 0.358. The van der Waals surface area contributed by atoms with Gasteiger partial charge in [0.1, 0.15) is 0 Å². The van der Waals surface area contributed by atoms with E-state index in [-0.39, 0.29) is 0 Å². The fraction of sp³-hybridized carbons (Fsp3) is 0.600. The SMILES string of the molecule is FC(F)(F)c1ccc(CN2CCCC2CCCCl)cc1. The number of halogens is 4. The molecule has 1 fully saturated rings. The van der Waals surface area contributed by atoms with E-state index in [4.69, 9.17) is 11.6 Å². The Hall–Kier alpha value is -0.740. The maximum absolute atomic E-state index is 12.5. The predicted molar refractivity (Wildman–Crippen MR) is 74.8 cm³/mol. The van der Waals surface area contributed by atoms with Crippen molar-refractivity contribution in [2.75, 3.05) is 12.4 Å². The molecule has 5 heteroatoms. The van der Waals surface area contributed by atoms with Crippen LogP contribution in [0.2, 0.25) is 0 Å². The van der Waals surface area contributed by atoms with Gasteiger partial charge in [0.25, 0.3) is 0 Å². The first-order valence-electron chi connectivity index (χ1n) is 6.97. The summed E-state index contributed by atoms with van der Waals surface area (Å²) >= 11 is 5.72. The molecule has 20 heavy (non-hydrogen) atoms. The van der Waals surface area contributed by atoms with Crippen LogP contribution in [0.3, 0.4) is 0 Å². The van der Waals surface area contributed by atoms with E-state index in [0.29, 0.717) is 11.9 Å². The molecule has 1 atom stereocenters. The van der Waals surface area contributed by atoms with E-state index in [1.165, 1.54) is 12.1 Å². The van der Waals surface area contributed by atoms with Crippen LogP contribution in [-0.2, 0) is 12.7 Å². The van der Waals surface area contributed by atoms with Crippen molar-refractivity contribution >= 4 is 11.6 Å². The first kappa shape index (κ1) is 15.6. The van der Waals surface area contributed by atoms with Gasteiger partial charge in [-0.1, -0.05) is 12.1 Å². The van der Waals surface area contributed by atoms with Gasteiger partial charge in [0.15, 0.2) is 0 Å². The summed E-state index contributed by atoms with van der Waals surface area (Å²) in [5.74, 6) is 0.671. The number of hydrogen-bond donors (Lipinski definition) is 0. The van der Waals surface area contributed by atoms with E-state index in [0.717, 1.165) is 44.3 Å².